The van der Waals surface area contributed by atoms with Crippen molar-refractivity contribution in [1.29, 1.82) is 0 Å². The molecule has 0 aliphatic rings. The normalized spacial score (nSPS) is 11.2. The third-order valence-electron chi connectivity index (χ3n) is 1.60. The van der Waals surface area contributed by atoms with Gasteiger partial charge in [0.25, 0.3) is 0 Å². The molecule has 0 fully saturated rings. The molecule has 0 atom stereocenters. The molecule has 0 aliphatic heterocycles. The topological polar surface area (TPSA) is 27.1 Å². The maximum Gasteiger partial charge on any atom is 0.129 e. The number of rotatable bonds is 5. The molecule has 14 heavy (non-hydrogen) atoms. The molecule has 0 unspecified atom stereocenters. The largest absolute Gasteiger partial charge is 0.379 e. The second-order valence-electron chi connectivity index (χ2n) is 3.48. The molecule has 1 heterocycles. The molecule has 80 valence electrons. The minimum atomic E-state index is 0.586. The van der Waals surface area contributed by atoms with E-state index in [4.69, 9.17) is 4.74 Å². The van der Waals surface area contributed by atoms with Crippen LogP contribution in [0.2, 0.25) is 0 Å². The van der Waals surface area contributed by atoms with Crippen molar-refractivity contribution in [2.24, 2.45) is 5.92 Å². The standard InChI is InChI=1S/C9H14Br2N2O/c1-7(2)6-14-4-3-13-9(11)5-8(10)12-13/h5,7H,3-4,6H2,1-2H3. The highest BCUT2D eigenvalue weighted by Crippen LogP contribution is 2.15. The van der Waals surface area contributed by atoms with Gasteiger partial charge in [0.1, 0.15) is 9.21 Å². The molecule has 0 spiro atoms. The lowest BCUT2D eigenvalue weighted by molar-refractivity contribution is 0.100. The highest BCUT2D eigenvalue weighted by molar-refractivity contribution is 9.11. The summed E-state index contributed by atoms with van der Waals surface area (Å²) in [5.74, 6) is 0.586. The van der Waals surface area contributed by atoms with Gasteiger partial charge in [-0.25, -0.2) is 0 Å². The van der Waals surface area contributed by atoms with E-state index in [9.17, 15) is 0 Å². The average molecular weight is 326 g/mol. The quantitative estimate of drug-likeness (QED) is 0.778. The van der Waals surface area contributed by atoms with Crippen molar-refractivity contribution in [3.05, 3.63) is 15.3 Å². The summed E-state index contributed by atoms with van der Waals surface area (Å²) in [4.78, 5) is 0. The Labute approximate surface area is 101 Å². The van der Waals surface area contributed by atoms with Gasteiger partial charge in [-0.2, -0.15) is 5.10 Å². The van der Waals surface area contributed by atoms with Gasteiger partial charge < -0.3 is 4.74 Å². The molecule has 5 heteroatoms. The minimum absolute atomic E-state index is 0.586. The molecule has 0 bridgehead atoms. The smallest absolute Gasteiger partial charge is 0.129 e. The Kier molecular flexibility index (Phi) is 5.12. The van der Waals surface area contributed by atoms with E-state index in [1.165, 1.54) is 0 Å². The van der Waals surface area contributed by atoms with Gasteiger partial charge in [-0.3, -0.25) is 4.68 Å². The van der Waals surface area contributed by atoms with Crippen LogP contribution >= 0.6 is 31.9 Å². The summed E-state index contributed by atoms with van der Waals surface area (Å²) in [6.45, 7) is 6.56. The molecule has 1 aromatic rings. The number of hydrogen-bond donors (Lipinski definition) is 0. The van der Waals surface area contributed by atoms with Crippen molar-refractivity contribution in [3.63, 3.8) is 0 Å². The van der Waals surface area contributed by atoms with E-state index in [2.05, 4.69) is 50.8 Å². The van der Waals surface area contributed by atoms with Crippen LogP contribution in [0, 0.1) is 5.92 Å². The molecule has 0 radical (unpaired) electrons. The van der Waals surface area contributed by atoms with Crippen LogP contribution in [-0.2, 0) is 11.3 Å². The lowest BCUT2D eigenvalue weighted by atomic mass is 10.2. The van der Waals surface area contributed by atoms with Gasteiger partial charge in [-0.15, -0.1) is 0 Å². The van der Waals surface area contributed by atoms with Crippen molar-refractivity contribution in [1.82, 2.24) is 9.78 Å². The summed E-state index contributed by atoms with van der Waals surface area (Å²) in [5, 5.41) is 4.23. The number of aromatic nitrogens is 2. The molecule has 0 amide bonds. The Morgan fingerprint density at radius 2 is 2.21 bits per heavy atom. The first kappa shape index (κ1) is 12.2. The predicted octanol–water partition coefficient (Wildman–Crippen LogP) is 3.08. The van der Waals surface area contributed by atoms with E-state index >= 15 is 0 Å². The van der Waals surface area contributed by atoms with Crippen LogP contribution < -0.4 is 0 Å². The lowest BCUT2D eigenvalue weighted by Crippen LogP contribution is -2.10. The van der Waals surface area contributed by atoms with E-state index in [1.54, 1.807) is 0 Å². The van der Waals surface area contributed by atoms with Gasteiger partial charge in [0.2, 0.25) is 0 Å². The molecule has 0 aromatic carbocycles. The van der Waals surface area contributed by atoms with E-state index in [0.717, 1.165) is 22.4 Å². The van der Waals surface area contributed by atoms with Crippen LogP contribution in [0.1, 0.15) is 13.8 Å². The lowest BCUT2D eigenvalue weighted by Gasteiger charge is -2.07. The van der Waals surface area contributed by atoms with Crippen LogP contribution in [0.5, 0.6) is 0 Å². The number of halogens is 2. The molecular weight excluding hydrogens is 312 g/mol. The monoisotopic (exact) mass is 324 g/mol. The van der Waals surface area contributed by atoms with Gasteiger partial charge in [-0.05, 0) is 37.8 Å². The zero-order chi connectivity index (χ0) is 10.6. The Morgan fingerprint density at radius 3 is 2.71 bits per heavy atom. The fraction of sp³-hybridized carbons (Fsp3) is 0.667. The van der Waals surface area contributed by atoms with Gasteiger partial charge in [0.05, 0.1) is 13.2 Å². The molecule has 0 N–H and O–H groups in total. The highest BCUT2D eigenvalue weighted by Gasteiger charge is 2.02. The zero-order valence-electron chi connectivity index (χ0n) is 8.33. The van der Waals surface area contributed by atoms with Crippen LogP contribution in [-0.4, -0.2) is 23.0 Å². The van der Waals surface area contributed by atoms with Crippen LogP contribution in [0.3, 0.4) is 0 Å². The number of hydrogen-bond acceptors (Lipinski definition) is 2. The third-order valence-corrected chi connectivity index (χ3v) is 2.63. The Balaban J connectivity index is 2.28. The Morgan fingerprint density at radius 1 is 1.50 bits per heavy atom. The maximum atomic E-state index is 5.47. The summed E-state index contributed by atoms with van der Waals surface area (Å²) >= 11 is 6.73. The summed E-state index contributed by atoms with van der Waals surface area (Å²) < 4.78 is 9.14. The summed E-state index contributed by atoms with van der Waals surface area (Å²) in [6, 6.07) is 1.92. The SMILES string of the molecule is CC(C)COCCn1nc(Br)cc1Br. The van der Waals surface area contributed by atoms with Crippen LogP contribution in [0.25, 0.3) is 0 Å². The van der Waals surface area contributed by atoms with E-state index in [1.807, 2.05) is 10.7 Å². The van der Waals surface area contributed by atoms with Gasteiger partial charge in [0.15, 0.2) is 0 Å². The molecule has 1 aromatic heterocycles. The molecular formula is C9H14Br2N2O. The Hall–Kier alpha value is 0.130. The van der Waals surface area contributed by atoms with E-state index in [-0.39, 0.29) is 0 Å². The molecule has 0 saturated carbocycles. The van der Waals surface area contributed by atoms with E-state index < -0.39 is 0 Å². The fourth-order valence-electron chi connectivity index (χ4n) is 0.992. The van der Waals surface area contributed by atoms with Crippen molar-refractivity contribution < 1.29 is 4.74 Å². The zero-order valence-corrected chi connectivity index (χ0v) is 11.5. The predicted molar refractivity (Wildman–Crippen MR) is 63.3 cm³/mol. The van der Waals surface area contributed by atoms with Crippen LogP contribution in [0.15, 0.2) is 15.3 Å². The Bertz CT molecular complexity index is 286. The maximum absolute atomic E-state index is 5.47. The van der Waals surface area contributed by atoms with Crippen molar-refractivity contribution >= 4 is 31.9 Å². The molecule has 0 saturated heterocycles. The van der Waals surface area contributed by atoms with Crippen LogP contribution in [0.4, 0.5) is 0 Å². The van der Waals surface area contributed by atoms with Gasteiger partial charge >= 0.3 is 0 Å². The first-order chi connectivity index (χ1) is 6.59. The third kappa shape index (κ3) is 4.11. The average Bonchev–Trinajstić information content (AvgIpc) is 2.39. The van der Waals surface area contributed by atoms with Crippen molar-refractivity contribution in [2.75, 3.05) is 13.2 Å². The summed E-state index contributed by atoms with van der Waals surface area (Å²) in [6.07, 6.45) is 0. The molecule has 3 nitrogen and oxygen atoms in total. The molecule has 1 rings (SSSR count). The first-order valence-electron chi connectivity index (χ1n) is 4.56. The fourth-order valence-corrected chi connectivity index (χ4v) is 2.18. The highest BCUT2D eigenvalue weighted by atomic mass is 79.9. The van der Waals surface area contributed by atoms with Gasteiger partial charge in [-0.1, -0.05) is 13.8 Å². The number of nitrogens with zero attached hydrogens (tertiary/aromatic N) is 2. The minimum Gasteiger partial charge on any atom is -0.379 e. The summed E-state index contributed by atoms with van der Waals surface area (Å²) in [5.41, 5.74) is 0. The summed E-state index contributed by atoms with van der Waals surface area (Å²) in [7, 11) is 0. The molecule has 0 aliphatic carbocycles. The second-order valence-corrected chi connectivity index (χ2v) is 5.11. The number of ether oxygens (including phenoxy) is 1. The van der Waals surface area contributed by atoms with E-state index in [0.29, 0.717) is 12.5 Å². The second kappa shape index (κ2) is 5.88. The van der Waals surface area contributed by atoms with Gasteiger partial charge in [0, 0.05) is 12.7 Å². The first-order valence-corrected chi connectivity index (χ1v) is 6.15. The van der Waals surface area contributed by atoms with Crippen molar-refractivity contribution in [3.8, 4) is 0 Å². The van der Waals surface area contributed by atoms with Crippen molar-refractivity contribution in [2.45, 2.75) is 20.4 Å².